The van der Waals surface area contributed by atoms with Gasteiger partial charge in [0.25, 0.3) is 0 Å². The maximum atomic E-state index is 11.4. The van der Waals surface area contributed by atoms with Gasteiger partial charge in [0.2, 0.25) is 0 Å². The minimum atomic E-state index is -0.512. The molecule has 0 saturated heterocycles. The van der Waals surface area contributed by atoms with Gasteiger partial charge in [0.15, 0.2) is 0 Å². The number of hydrogen-bond donors (Lipinski definition) is 1. The highest BCUT2D eigenvalue weighted by Gasteiger charge is 2.10. The second kappa shape index (κ2) is 13.6. The summed E-state index contributed by atoms with van der Waals surface area (Å²) in [5, 5.41) is 7.60. The van der Waals surface area contributed by atoms with Crippen molar-refractivity contribution in [2.45, 2.75) is 71.6 Å². The molecule has 0 rings (SSSR count). The molecular formula is C16H29NO4. The molecule has 0 aromatic heterocycles. The van der Waals surface area contributed by atoms with Crippen LogP contribution in [0.4, 0.5) is 0 Å². The zero-order valence-corrected chi connectivity index (χ0v) is 13.4. The molecule has 5 heteroatoms. The lowest BCUT2D eigenvalue weighted by Crippen LogP contribution is -2.17. The molecule has 1 N–H and O–H groups in total. The summed E-state index contributed by atoms with van der Waals surface area (Å²) in [6.07, 6.45) is 6.83. The Morgan fingerprint density at radius 2 is 1.38 bits per heavy atom. The molecule has 21 heavy (non-hydrogen) atoms. The van der Waals surface area contributed by atoms with Crippen LogP contribution in [0.15, 0.2) is 0 Å². The lowest BCUT2D eigenvalue weighted by molar-refractivity contribution is -0.144. The molecule has 5 nitrogen and oxygen atoms in total. The van der Waals surface area contributed by atoms with E-state index in [1.165, 1.54) is 0 Å². The number of nitrogens with one attached hydrogen (secondary N) is 1. The Morgan fingerprint density at radius 1 is 0.810 bits per heavy atom. The summed E-state index contributed by atoms with van der Waals surface area (Å²) < 4.78 is 10.0. The van der Waals surface area contributed by atoms with Gasteiger partial charge in [-0.1, -0.05) is 33.1 Å². The average molecular weight is 299 g/mol. The van der Waals surface area contributed by atoms with Crippen LogP contribution in [-0.4, -0.2) is 30.9 Å². The smallest absolute Gasteiger partial charge is 0.351 e. The minimum absolute atomic E-state index is 0.0247. The van der Waals surface area contributed by atoms with Crippen molar-refractivity contribution in [1.29, 1.82) is 5.41 Å². The molecule has 0 radical (unpaired) electrons. The summed E-state index contributed by atoms with van der Waals surface area (Å²) in [7, 11) is 0. The zero-order chi connectivity index (χ0) is 15.9. The van der Waals surface area contributed by atoms with Crippen molar-refractivity contribution in [3.05, 3.63) is 0 Å². The van der Waals surface area contributed by atoms with Gasteiger partial charge in [-0.2, -0.15) is 0 Å². The van der Waals surface area contributed by atoms with Crippen molar-refractivity contribution in [1.82, 2.24) is 0 Å². The van der Waals surface area contributed by atoms with E-state index in [1.54, 1.807) is 0 Å². The summed E-state index contributed by atoms with van der Waals surface area (Å²) in [5.74, 6) is -0.667. The van der Waals surface area contributed by atoms with Crippen LogP contribution in [0.1, 0.15) is 71.6 Å². The summed E-state index contributed by atoms with van der Waals surface area (Å²) in [4.78, 5) is 22.7. The average Bonchev–Trinajstić information content (AvgIpc) is 2.47. The quantitative estimate of drug-likeness (QED) is 0.320. The Balaban J connectivity index is 3.50. The normalized spacial score (nSPS) is 10.2. The number of unbranched alkanes of at least 4 members (excludes halogenated alkanes) is 4. The van der Waals surface area contributed by atoms with E-state index in [0.717, 1.165) is 44.9 Å². The first kappa shape index (κ1) is 19.6. The van der Waals surface area contributed by atoms with Crippen LogP contribution in [0.25, 0.3) is 0 Å². The highest BCUT2D eigenvalue weighted by molar-refractivity contribution is 6.35. The van der Waals surface area contributed by atoms with E-state index in [0.29, 0.717) is 26.1 Å². The van der Waals surface area contributed by atoms with Gasteiger partial charge >= 0.3 is 11.9 Å². The molecule has 0 aromatic rings. The first-order valence-corrected chi connectivity index (χ1v) is 8.02. The standard InChI is InChI=1S/C16H29NO4/c1-3-5-12-20-15(18)11-9-7-8-10-14(17)16(19)21-13-6-4-2/h17H,3-13H2,1-2H3. The SMILES string of the molecule is CCCCOC(=O)CCCCCC(=N)C(=O)OCCCC. The number of carbonyl (C=O) groups is 2. The molecule has 0 heterocycles. The molecule has 0 amide bonds. The fourth-order valence-corrected chi connectivity index (χ4v) is 1.65. The Hall–Kier alpha value is -1.39. The predicted molar refractivity (Wildman–Crippen MR) is 82.5 cm³/mol. The number of rotatable bonds is 13. The van der Waals surface area contributed by atoms with Gasteiger partial charge in [0, 0.05) is 6.42 Å². The van der Waals surface area contributed by atoms with Crippen LogP contribution in [0, 0.1) is 5.41 Å². The second-order valence-corrected chi connectivity index (χ2v) is 5.10. The molecule has 122 valence electrons. The van der Waals surface area contributed by atoms with E-state index in [9.17, 15) is 9.59 Å². The Labute approximate surface area is 127 Å². The molecule has 0 aliphatic heterocycles. The van der Waals surface area contributed by atoms with Crippen molar-refractivity contribution >= 4 is 17.7 Å². The Kier molecular flexibility index (Phi) is 12.7. The molecule has 0 bridgehead atoms. The largest absolute Gasteiger partial charge is 0.466 e. The number of esters is 2. The summed E-state index contributed by atoms with van der Waals surface area (Å²) in [6.45, 7) is 4.97. The minimum Gasteiger partial charge on any atom is -0.466 e. The van der Waals surface area contributed by atoms with E-state index in [4.69, 9.17) is 14.9 Å². The van der Waals surface area contributed by atoms with Crippen LogP contribution < -0.4 is 0 Å². The molecule has 0 aliphatic carbocycles. The topological polar surface area (TPSA) is 76.5 Å². The molecule has 0 saturated carbocycles. The van der Waals surface area contributed by atoms with E-state index >= 15 is 0 Å². The summed E-state index contributed by atoms with van der Waals surface area (Å²) in [6, 6.07) is 0. The molecule has 0 atom stereocenters. The van der Waals surface area contributed by atoms with Crippen LogP contribution in [0.2, 0.25) is 0 Å². The number of ether oxygens (including phenoxy) is 2. The van der Waals surface area contributed by atoms with Gasteiger partial charge < -0.3 is 9.47 Å². The third-order valence-electron chi connectivity index (χ3n) is 3.05. The Bertz CT molecular complexity index is 315. The van der Waals surface area contributed by atoms with Crippen molar-refractivity contribution in [3.63, 3.8) is 0 Å². The van der Waals surface area contributed by atoms with E-state index in [-0.39, 0.29) is 11.7 Å². The highest BCUT2D eigenvalue weighted by Crippen LogP contribution is 2.06. The van der Waals surface area contributed by atoms with E-state index in [1.807, 2.05) is 6.92 Å². The second-order valence-electron chi connectivity index (χ2n) is 5.10. The van der Waals surface area contributed by atoms with Gasteiger partial charge in [-0.25, -0.2) is 4.79 Å². The maximum absolute atomic E-state index is 11.4. The first-order valence-electron chi connectivity index (χ1n) is 8.02. The van der Waals surface area contributed by atoms with Gasteiger partial charge in [-0.15, -0.1) is 0 Å². The van der Waals surface area contributed by atoms with Crippen LogP contribution in [0.5, 0.6) is 0 Å². The van der Waals surface area contributed by atoms with Gasteiger partial charge in [0.1, 0.15) is 5.71 Å². The highest BCUT2D eigenvalue weighted by atomic mass is 16.5. The van der Waals surface area contributed by atoms with E-state index in [2.05, 4.69) is 6.92 Å². The molecule has 0 aromatic carbocycles. The molecular weight excluding hydrogens is 270 g/mol. The third kappa shape index (κ3) is 12.1. The zero-order valence-electron chi connectivity index (χ0n) is 13.4. The molecule has 0 unspecified atom stereocenters. The molecule has 0 aliphatic rings. The first-order chi connectivity index (χ1) is 10.1. The third-order valence-corrected chi connectivity index (χ3v) is 3.05. The van der Waals surface area contributed by atoms with Crippen molar-refractivity contribution in [2.24, 2.45) is 0 Å². The van der Waals surface area contributed by atoms with Crippen molar-refractivity contribution in [3.8, 4) is 0 Å². The Morgan fingerprint density at radius 3 is 2.00 bits per heavy atom. The predicted octanol–water partition coefficient (Wildman–Crippen LogP) is 3.64. The van der Waals surface area contributed by atoms with Crippen molar-refractivity contribution < 1.29 is 19.1 Å². The van der Waals surface area contributed by atoms with Crippen molar-refractivity contribution in [2.75, 3.05) is 13.2 Å². The monoisotopic (exact) mass is 299 g/mol. The van der Waals surface area contributed by atoms with Gasteiger partial charge in [0.05, 0.1) is 13.2 Å². The lowest BCUT2D eigenvalue weighted by Gasteiger charge is -2.05. The molecule has 0 spiro atoms. The maximum Gasteiger partial charge on any atom is 0.351 e. The van der Waals surface area contributed by atoms with E-state index < -0.39 is 5.97 Å². The van der Waals surface area contributed by atoms with Gasteiger partial charge in [-0.05, 0) is 32.1 Å². The lowest BCUT2D eigenvalue weighted by atomic mass is 10.1. The summed E-state index contributed by atoms with van der Waals surface area (Å²) >= 11 is 0. The fraction of sp³-hybridized carbons (Fsp3) is 0.812. The number of hydrogen-bond acceptors (Lipinski definition) is 5. The van der Waals surface area contributed by atoms with Crippen LogP contribution in [0.3, 0.4) is 0 Å². The van der Waals surface area contributed by atoms with Crippen LogP contribution >= 0.6 is 0 Å². The molecule has 0 fully saturated rings. The van der Waals surface area contributed by atoms with Crippen LogP contribution in [-0.2, 0) is 19.1 Å². The number of carbonyl (C=O) groups excluding carboxylic acids is 2. The fourth-order valence-electron chi connectivity index (χ4n) is 1.65. The van der Waals surface area contributed by atoms with Gasteiger partial charge in [-0.3, -0.25) is 10.2 Å². The summed E-state index contributed by atoms with van der Waals surface area (Å²) in [5.41, 5.74) is 0.0247.